The molecule has 20 aromatic rings. The van der Waals surface area contributed by atoms with Crippen molar-refractivity contribution in [2.24, 2.45) is 28.2 Å². The van der Waals surface area contributed by atoms with Crippen LogP contribution in [-0.4, -0.2) is 86.2 Å². The number of aryl methyl sites for hydroxylation is 4. The van der Waals surface area contributed by atoms with E-state index >= 15 is 0 Å². The Morgan fingerprint density at radius 2 is 0.381 bits per heavy atom. The van der Waals surface area contributed by atoms with Gasteiger partial charge in [-0.2, -0.15) is 0 Å². The van der Waals surface area contributed by atoms with Gasteiger partial charge in [-0.15, -0.1) is 0 Å². The van der Waals surface area contributed by atoms with Crippen LogP contribution in [0.2, 0.25) is 0 Å². The van der Waals surface area contributed by atoms with Crippen LogP contribution in [0.3, 0.4) is 0 Å². The van der Waals surface area contributed by atoms with E-state index in [2.05, 4.69) is 192 Å². The normalized spacial score (nSPS) is 12.3. The van der Waals surface area contributed by atoms with Crippen LogP contribution in [0.1, 0.15) is 0 Å². The van der Waals surface area contributed by atoms with Gasteiger partial charge in [0.2, 0.25) is 0 Å². The van der Waals surface area contributed by atoms with E-state index in [1.807, 2.05) is 98.1 Å². The molecule has 0 saturated carbocycles. The standard InChI is InChI=1S/C80H52N16Si/c1-93-73-57-17-9-41-85-65(57)61-53(13-5-37-81-61)69(73)89-77(93)45-21-29-49(30-22-45)97(50-31-23-46(24-32-50)78-90-70-54-14-6-38-82-62(54)66-58(18-10-42-86-66)74(70)94(78)2,51-33-25-47(26-34-51)79-91-71-55-15-7-39-83-63(55)67-59(19-11-43-87-67)75(71)95(79)3)52-35-27-48(28-36-52)80-92-72-56-16-8-40-84-64(56)68-60(20-12-44-88-68)76(72)96(80)4/h5-44H,1-4H3. The van der Waals surface area contributed by atoms with Gasteiger partial charge in [0.15, 0.2) is 8.07 Å². The summed E-state index contributed by atoms with van der Waals surface area (Å²) in [6, 6.07) is 69.5. The third kappa shape index (κ3) is 7.67. The first kappa shape index (κ1) is 54.7. The van der Waals surface area contributed by atoms with Crippen LogP contribution in [-0.2, 0) is 28.2 Å². The molecule has 0 aliphatic rings. The lowest BCUT2D eigenvalue weighted by Gasteiger charge is -2.35. The van der Waals surface area contributed by atoms with Crippen LogP contribution in [0, 0.1) is 0 Å². The first-order chi connectivity index (χ1) is 47.8. The van der Waals surface area contributed by atoms with Gasteiger partial charge >= 0.3 is 0 Å². The molecule has 0 N–H and O–H groups in total. The van der Waals surface area contributed by atoms with Crippen molar-refractivity contribution in [2.75, 3.05) is 0 Å². The number of aromatic nitrogens is 16. The van der Waals surface area contributed by atoms with Crippen molar-refractivity contribution in [2.45, 2.75) is 0 Å². The fourth-order valence-corrected chi connectivity index (χ4v) is 20.4. The Labute approximate surface area is 552 Å². The molecule has 12 aromatic heterocycles. The van der Waals surface area contributed by atoms with Gasteiger partial charge < -0.3 is 18.3 Å². The van der Waals surface area contributed by atoms with Crippen molar-refractivity contribution < 1.29 is 0 Å². The van der Waals surface area contributed by atoms with Crippen molar-refractivity contribution in [3.63, 3.8) is 0 Å². The highest BCUT2D eigenvalue weighted by Crippen LogP contribution is 2.40. The Balaban J connectivity index is 0.817. The monoisotopic (exact) mass is 1260 g/mol. The molecule has 17 heteroatoms. The first-order valence-electron chi connectivity index (χ1n) is 32.1. The summed E-state index contributed by atoms with van der Waals surface area (Å²) >= 11 is 0. The van der Waals surface area contributed by atoms with Crippen molar-refractivity contribution in [3.05, 3.63) is 244 Å². The number of fused-ring (bicyclic) bond motifs is 24. The van der Waals surface area contributed by atoms with E-state index in [0.29, 0.717) is 0 Å². The quantitative estimate of drug-likeness (QED) is 0.0801. The van der Waals surface area contributed by atoms with Crippen molar-refractivity contribution in [1.29, 1.82) is 0 Å². The lowest BCUT2D eigenvalue weighted by atomic mass is 10.1. The van der Waals surface area contributed by atoms with Gasteiger partial charge in [-0.3, -0.25) is 39.9 Å². The largest absolute Gasteiger partial charge is 0.327 e. The summed E-state index contributed by atoms with van der Waals surface area (Å²) in [5.41, 5.74) is 18.2. The summed E-state index contributed by atoms with van der Waals surface area (Å²) in [6.45, 7) is 0. The number of rotatable bonds is 8. The Morgan fingerprint density at radius 3 is 0.577 bits per heavy atom. The minimum atomic E-state index is -3.44. The average Bonchev–Trinajstić information content (AvgIpc) is 1.65. The van der Waals surface area contributed by atoms with E-state index in [4.69, 9.17) is 59.8 Å². The Bertz CT molecular complexity index is 5920. The smallest absolute Gasteiger partial charge is 0.179 e. The van der Waals surface area contributed by atoms with E-state index in [0.717, 1.165) is 177 Å². The summed E-state index contributed by atoms with van der Waals surface area (Å²) in [5.74, 6) is 3.36. The zero-order valence-electron chi connectivity index (χ0n) is 52.7. The molecule has 0 aliphatic carbocycles. The molecular weight excluding hydrogens is 1210 g/mol. The van der Waals surface area contributed by atoms with E-state index in [-0.39, 0.29) is 0 Å². The molecule has 456 valence electrons. The number of imidazole rings is 4. The van der Waals surface area contributed by atoms with Crippen LogP contribution in [0.5, 0.6) is 0 Å². The van der Waals surface area contributed by atoms with Crippen LogP contribution in [0.4, 0.5) is 0 Å². The Morgan fingerprint density at radius 1 is 0.206 bits per heavy atom. The second-order valence-electron chi connectivity index (χ2n) is 25.0. The fourth-order valence-electron chi connectivity index (χ4n) is 15.8. The molecule has 0 aliphatic heterocycles. The van der Waals surface area contributed by atoms with Gasteiger partial charge in [0.05, 0.1) is 88.3 Å². The predicted molar refractivity (Wildman–Crippen MR) is 391 cm³/mol. The van der Waals surface area contributed by atoms with E-state index in [1.54, 1.807) is 0 Å². The van der Waals surface area contributed by atoms with Crippen molar-refractivity contribution in [3.8, 4) is 45.6 Å². The summed E-state index contributed by atoms with van der Waals surface area (Å²) < 4.78 is 8.84. The molecular formula is C80H52N16Si. The molecule has 12 heterocycles. The van der Waals surface area contributed by atoms with E-state index < -0.39 is 8.07 Å². The Kier molecular flexibility index (Phi) is 11.6. The molecule has 0 bridgehead atoms. The lowest BCUT2D eigenvalue weighted by Crippen LogP contribution is -2.74. The van der Waals surface area contributed by atoms with E-state index in [9.17, 15) is 0 Å². The lowest BCUT2D eigenvalue weighted by molar-refractivity contribution is 0.962. The number of hydrogen-bond acceptors (Lipinski definition) is 12. The van der Waals surface area contributed by atoms with Gasteiger partial charge in [0.25, 0.3) is 0 Å². The minimum Gasteiger partial charge on any atom is -0.327 e. The molecule has 97 heavy (non-hydrogen) atoms. The van der Waals surface area contributed by atoms with Crippen LogP contribution in [0.25, 0.3) is 177 Å². The SMILES string of the molecule is Cn1c(-c2ccc([Si](c3ccc(-c4nc5c6cccnc6c6ncccc6c5n4C)cc3)(c3ccc(-c4nc5c6cccnc6c6ncccc6c5n4C)cc3)c3ccc(-c4nc5c6cccnc6c6ncccc6c5n4C)cc3)cc2)nc2c3cccnc3c3ncccc3c21. The molecule has 0 atom stereocenters. The molecule has 16 nitrogen and oxygen atoms in total. The highest BCUT2D eigenvalue weighted by Gasteiger charge is 2.42. The van der Waals surface area contributed by atoms with Crippen LogP contribution >= 0.6 is 0 Å². The van der Waals surface area contributed by atoms with Crippen molar-refractivity contribution in [1.82, 2.24) is 78.1 Å². The van der Waals surface area contributed by atoms with Crippen molar-refractivity contribution >= 4 is 160 Å². The van der Waals surface area contributed by atoms with Crippen LogP contribution in [0.15, 0.2) is 244 Å². The highest BCUT2D eigenvalue weighted by atomic mass is 28.3. The van der Waals surface area contributed by atoms with Gasteiger partial charge in [-0.25, -0.2) is 19.9 Å². The summed E-state index contributed by atoms with van der Waals surface area (Å²) in [7, 11) is 4.97. The molecule has 20 rings (SSSR count). The molecule has 0 saturated heterocycles. The first-order valence-corrected chi connectivity index (χ1v) is 34.1. The van der Waals surface area contributed by atoms with Gasteiger partial charge in [-0.05, 0) is 118 Å². The summed E-state index contributed by atoms with van der Waals surface area (Å²) in [6.07, 6.45) is 14.6. The topological polar surface area (TPSA) is 174 Å². The molecule has 0 amide bonds. The summed E-state index contributed by atoms with van der Waals surface area (Å²) in [5, 5.41) is 12.5. The zero-order valence-corrected chi connectivity index (χ0v) is 53.7. The third-order valence-electron chi connectivity index (χ3n) is 20.1. The molecule has 0 radical (unpaired) electrons. The second kappa shape index (κ2) is 20.6. The number of pyridine rings is 8. The molecule has 0 fully saturated rings. The number of hydrogen-bond donors (Lipinski definition) is 0. The molecule has 8 aromatic carbocycles. The minimum absolute atomic E-state index is 0.831. The second-order valence-corrected chi connectivity index (χ2v) is 28.8. The van der Waals surface area contributed by atoms with Crippen LogP contribution < -0.4 is 20.7 Å². The third-order valence-corrected chi connectivity index (χ3v) is 24.9. The molecule has 0 unspecified atom stereocenters. The number of benzene rings is 8. The number of nitrogens with zero attached hydrogens (tertiary/aromatic N) is 16. The maximum absolute atomic E-state index is 5.47. The predicted octanol–water partition coefficient (Wildman–Crippen LogP) is 13.7. The highest BCUT2D eigenvalue weighted by molar-refractivity contribution is 7.20. The average molecular weight is 1270 g/mol. The van der Waals surface area contributed by atoms with Gasteiger partial charge in [0.1, 0.15) is 23.3 Å². The maximum Gasteiger partial charge on any atom is 0.179 e. The fraction of sp³-hybridized carbons (Fsp3) is 0.0500. The maximum atomic E-state index is 5.47. The summed E-state index contributed by atoms with van der Waals surface area (Å²) in [4.78, 5) is 60.7. The van der Waals surface area contributed by atoms with E-state index in [1.165, 1.54) is 20.7 Å². The zero-order chi connectivity index (χ0) is 64.4. The van der Waals surface area contributed by atoms with Gasteiger partial charge in [0, 0.05) is 143 Å². The molecule has 0 spiro atoms. The Hall–Kier alpha value is -12.9. The van der Waals surface area contributed by atoms with Gasteiger partial charge in [-0.1, -0.05) is 97.1 Å².